The van der Waals surface area contributed by atoms with E-state index in [1.54, 1.807) is 0 Å². The Bertz CT molecular complexity index is 728. The molecule has 3 unspecified atom stereocenters. The monoisotopic (exact) mass is 741 g/mol. The second kappa shape index (κ2) is 37.6. The van der Waals surface area contributed by atoms with Gasteiger partial charge in [-0.15, -0.1) is 0 Å². The number of ether oxygens (including phenoxy) is 3. The van der Waals surface area contributed by atoms with Crippen LogP contribution in [0.25, 0.3) is 0 Å². The smallest absolute Gasteiger partial charge is 0.322 e. The lowest BCUT2D eigenvalue weighted by Crippen LogP contribution is -2.39. The van der Waals surface area contributed by atoms with Crippen LogP contribution in [0.2, 0.25) is 0 Å². The van der Waals surface area contributed by atoms with Crippen molar-refractivity contribution in [3.8, 4) is 0 Å². The van der Waals surface area contributed by atoms with E-state index in [0.717, 1.165) is 38.5 Å². The van der Waals surface area contributed by atoms with E-state index in [4.69, 9.17) is 31.4 Å². The van der Waals surface area contributed by atoms with E-state index in [1.165, 1.54) is 116 Å². The predicted molar refractivity (Wildman–Crippen MR) is 215 cm³/mol. The average molecular weight is 741 g/mol. The molecule has 6 N–H and O–H groups in total. The number of unbranched alkanes of at least 4 members (excludes halogenated alkanes) is 21. The number of carbonyl (C=O) groups excluding carboxylic acids is 3. The van der Waals surface area contributed by atoms with Crippen LogP contribution in [0, 0.1) is 0 Å². The first kappa shape index (κ1) is 50.2. The Morgan fingerprint density at radius 1 is 0.385 bits per heavy atom. The lowest BCUT2D eigenvalue weighted by atomic mass is 10.1. The third-order valence-corrected chi connectivity index (χ3v) is 9.97. The van der Waals surface area contributed by atoms with Crippen LogP contribution in [0.1, 0.15) is 194 Å². The summed E-state index contributed by atoms with van der Waals surface area (Å²) < 4.78 is 16.5. The first-order valence-electron chi connectivity index (χ1n) is 21.8. The zero-order valence-electron chi connectivity index (χ0n) is 34.2. The number of nitrogens with zero attached hydrogens (tertiary/aromatic N) is 1. The highest BCUT2D eigenvalue weighted by molar-refractivity contribution is 5.76. The SMILES string of the molecule is CCCCCCCCCCC(N)C(=O)OCCN(CCOC(=O)C(N)CCCCCCCCCC)CCOC(=O)C(N)CCCCCCCCCC. The van der Waals surface area contributed by atoms with Gasteiger partial charge in [-0.25, -0.2) is 0 Å². The topological polar surface area (TPSA) is 160 Å². The maximum atomic E-state index is 12.6. The molecule has 0 saturated heterocycles. The van der Waals surface area contributed by atoms with Crippen molar-refractivity contribution in [3.63, 3.8) is 0 Å². The minimum absolute atomic E-state index is 0.141. The minimum atomic E-state index is -0.638. The molecule has 0 aromatic carbocycles. The van der Waals surface area contributed by atoms with E-state index in [2.05, 4.69) is 20.8 Å². The fourth-order valence-corrected chi connectivity index (χ4v) is 6.33. The summed E-state index contributed by atoms with van der Waals surface area (Å²) in [6.45, 7) is 8.25. The Morgan fingerprint density at radius 2 is 0.596 bits per heavy atom. The Balaban J connectivity index is 4.62. The standard InChI is InChI=1S/C42H84N4O6/c1-4-7-10-13-16-19-22-25-28-37(43)40(47)50-34-31-46(32-35-51-41(48)38(44)29-26-23-20-17-14-11-8-5-2)33-36-52-42(49)39(45)30-27-24-21-18-15-12-9-6-3/h37-39H,4-36,43-45H2,1-3H3. The molecule has 0 spiro atoms. The van der Waals surface area contributed by atoms with Crippen molar-refractivity contribution in [3.05, 3.63) is 0 Å². The fraction of sp³-hybridized carbons (Fsp3) is 0.929. The summed E-state index contributed by atoms with van der Waals surface area (Å²) in [5, 5.41) is 0. The third-order valence-electron chi connectivity index (χ3n) is 9.97. The van der Waals surface area contributed by atoms with Crippen LogP contribution in [-0.2, 0) is 28.6 Å². The molecule has 0 aromatic rings. The highest BCUT2D eigenvalue weighted by Crippen LogP contribution is 2.13. The molecule has 0 aliphatic rings. The molecule has 0 radical (unpaired) electrons. The lowest BCUT2D eigenvalue weighted by molar-refractivity contribution is -0.146. The van der Waals surface area contributed by atoms with E-state index < -0.39 is 36.0 Å². The number of hydrogen-bond donors (Lipinski definition) is 3. The molecule has 0 bridgehead atoms. The normalized spacial score (nSPS) is 13.2. The molecule has 308 valence electrons. The molecule has 10 nitrogen and oxygen atoms in total. The van der Waals surface area contributed by atoms with Crippen molar-refractivity contribution < 1.29 is 28.6 Å². The van der Waals surface area contributed by atoms with Gasteiger partial charge in [0.25, 0.3) is 0 Å². The minimum Gasteiger partial charge on any atom is -0.463 e. The quantitative estimate of drug-likeness (QED) is 0.0317. The number of hydrogen-bond acceptors (Lipinski definition) is 10. The molecule has 0 rings (SSSR count). The fourth-order valence-electron chi connectivity index (χ4n) is 6.33. The molecule has 0 aliphatic carbocycles. The maximum Gasteiger partial charge on any atom is 0.322 e. The Morgan fingerprint density at radius 3 is 0.827 bits per heavy atom. The molecule has 0 saturated carbocycles. The number of nitrogens with two attached hydrogens (primary N) is 3. The van der Waals surface area contributed by atoms with Gasteiger partial charge in [-0.1, -0.05) is 175 Å². The number of rotatable bonds is 39. The maximum absolute atomic E-state index is 12.6. The summed E-state index contributed by atoms with van der Waals surface area (Å²) >= 11 is 0. The Labute approximate surface area is 319 Å². The van der Waals surface area contributed by atoms with Crippen LogP contribution in [0.5, 0.6) is 0 Å². The lowest BCUT2D eigenvalue weighted by Gasteiger charge is -2.23. The zero-order valence-corrected chi connectivity index (χ0v) is 34.2. The van der Waals surface area contributed by atoms with Gasteiger partial charge in [0.2, 0.25) is 0 Å². The van der Waals surface area contributed by atoms with Gasteiger partial charge < -0.3 is 31.4 Å². The van der Waals surface area contributed by atoms with Gasteiger partial charge in [0.05, 0.1) is 0 Å². The third kappa shape index (κ3) is 31.7. The van der Waals surface area contributed by atoms with Gasteiger partial charge in [0, 0.05) is 19.6 Å². The van der Waals surface area contributed by atoms with Crippen molar-refractivity contribution in [2.75, 3.05) is 39.5 Å². The molecule has 3 atom stereocenters. The van der Waals surface area contributed by atoms with Crippen molar-refractivity contribution in [2.45, 2.75) is 212 Å². The molecule has 0 aliphatic heterocycles. The summed E-state index contributed by atoms with van der Waals surface area (Å²) in [7, 11) is 0. The van der Waals surface area contributed by atoms with Crippen LogP contribution in [0.3, 0.4) is 0 Å². The molecular formula is C42H84N4O6. The Hall–Kier alpha value is -1.75. The van der Waals surface area contributed by atoms with Gasteiger partial charge in [0.1, 0.15) is 37.9 Å². The highest BCUT2D eigenvalue weighted by Gasteiger charge is 2.19. The van der Waals surface area contributed by atoms with E-state index in [9.17, 15) is 14.4 Å². The molecule has 0 amide bonds. The average Bonchev–Trinajstić information content (AvgIpc) is 3.14. The summed E-state index contributed by atoms with van der Waals surface area (Å²) in [4.78, 5) is 39.6. The molecule has 52 heavy (non-hydrogen) atoms. The van der Waals surface area contributed by atoms with E-state index in [0.29, 0.717) is 38.9 Å². The van der Waals surface area contributed by atoms with Gasteiger partial charge in [-0.3, -0.25) is 19.3 Å². The molecule has 0 aromatic heterocycles. The van der Waals surface area contributed by atoms with Gasteiger partial charge in [0.15, 0.2) is 0 Å². The second-order valence-corrected chi connectivity index (χ2v) is 15.0. The summed E-state index contributed by atoms with van der Waals surface area (Å²) in [5.41, 5.74) is 18.4. The van der Waals surface area contributed by atoms with Crippen molar-refractivity contribution in [1.82, 2.24) is 4.90 Å². The van der Waals surface area contributed by atoms with E-state index in [-0.39, 0.29) is 19.8 Å². The van der Waals surface area contributed by atoms with Crippen LogP contribution < -0.4 is 17.2 Å². The van der Waals surface area contributed by atoms with Crippen LogP contribution >= 0.6 is 0 Å². The van der Waals surface area contributed by atoms with Crippen molar-refractivity contribution in [1.29, 1.82) is 0 Å². The zero-order chi connectivity index (χ0) is 38.5. The summed E-state index contributed by atoms with van der Waals surface area (Å²) in [6.07, 6.45) is 30.3. The molecule has 0 heterocycles. The van der Waals surface area contributed by atoms with E-state index >= 15 is 0 Å². The van der Waals surface area contributed by atoms with Crippen LogP contribution in [0.4, 0.5) is 0 Å². The highest BCUT2D eigenvalue weighted by atomic mass is 16.5. The summed E-state index contributed by atoms with van der Waals surface area (Å²) in [5.74, 6) is -1.21. The van der Waals surface area contributed by atoms with Crippen LogP contribution in [0.15, 0.2) is 0 Å². The number of esters is 3. The Kier molecular flexibility index (Phi) is 36.3. The number of carbonyl (C=O) groups is 3. The summed E-state index contributed by atoms with van der Waals surface area (Å²) in [6, 6.07) is -1.92. The largest absolute Gasteiger partial charge is 0.463 e. The van der Waals surface area contributed by atoms with Crippen molar-refractivity contribution in [2.24, 2.45) is 17.2 Å². The van der Waals surface area contributed by atoms with E-state index in [1.807, 2.05) is 4.90 Å². The first-order chi connectivity index (χ1) is 25.3. The molecular weight excluding hydrogens is 656 g/mol. The van der Waals surface area contributed by atoms with Crippen LogP contribution in [-0.4, -0.2) is 80.4 Å². The van der Waals surface area contributed by atoms with Gasteiger partial charge in [-0.2, -0.15) is 0 Å². The van der Waals surface area contributed by atoms with Crippen molar-refractivity contribution >= 4 is 17.9 Å². The molecule has 0 fully saturated rings. The predicted octanol–water partition coefficient (Wildman–Crippen LogP) is 8.49. The van der Waals surface area contributed by atoms with Gasteiger partial charge >= 0.3 is 17.9 Å². The molecule has 10 heteroatoms. The van der Waals surface area contributed by atoms with Gasteiger partial charge in [-0.05, 0) is 19.3 Å². The second-order valence-electron chi connectivity index (χ2n) is 15.0. The first-order valence-corrected chi connectivity index (χ1v) is 21.8.